The molecule has 0 saturated carbocycles. The molecule has 0 spiro atoms. The Kier molecular flexibility index (Phi) is 6.68. The van der Waals surface area contributed by atoms with Crippen molar-refractivity contribution in [3.63, 3.8) is 0 Å². The third-order valence-corrected chi connectivity index (χ3v) is 6.78. The summed E-state index contributed by atoms with van der Waals surface area (Å²) in [7, 11) is 0. The van der Waals surface area contributed by atoms with Crippen molar-refractivity contribution in [3.05, 3.63) is 89.7 Å². The van der Waals surface area contributed by atoms with E-state index in [1.165, 1.54) is 22.3 Å². The Bertz CT molecular complexity index is 1170. The number of carbonyl (C=O) groups is 1. The molecule has 158 valence electrons. The van der Waals surface area contributed by atoms with Crippen molar-refractivity contribution in [2.45, 2.75) is 37.0 Å². The zero-order valence-electron chi connectivity index (χ0n) is 17.4. The zero-order chi connectivity index (χ0) is 21.8. The molecular formula is C25H23FN2OS2. The highest BCUT2D eigenvalue weighted by molar-refractivity contribution is 7.99. The van der Waals surface area contributed by atoms with Crippen LogP contribution in [0.15, 0.2) is 77.7 Å². The molecule has 3 aromatic carbocycles. The molecule has 0 aliphatic rings. The Labute approximate surface area is 189 Å². The summed E-state index contributed by atoms with van der Waals surface area (Å²) in [5.41, 5.74) is 2.26. The number of halogens is 1. The van der Waals surface area contributed by atoms with Crippen LogP contribution >= 0.6 is 23.1 Å². The molecule has 1 amide bonds. The van der Waals surface area contributed by atoms with Crippen LogP contribution in [0.5, 0.6) is 0 Å². The first-order valence-electron chi connectivity index (χ1n) is 10.1. The number of hydrogen-bond donors (Lipinski definition) is 0. The van der Waals surface area contributed by atoms with Crippen molar-refractivity contribution >= 4 is 44.4 Å². The van der Waals surface area contributed by atoms with Gasteiger partial charge in [0, 0.05) is 10.1 Å². The van der Waals surface area contributed by atoms with Crippen molar-refractivity contribution in [1.29, 1.82) is 0 Å². The van der Waals surface area contributed by atoms with Crippen LogP contribution in [-0.4, -0.2) is 16.1 Å². The highest BCUT2D eigenvalue weighted by Gasteiger charge is 2.21. The third kappa shape index (κ3) is 5.32. The summed E-state index contributed by atoms with van der Waals surface area (Å²) in [5, 5.41) is 1.02. The van der Waals surface area contributed by atoms with Crippen LogP contribution in [0.1, 0.15) is 25.0 Å². The van der Waals surface area contributed by atoms with Crippen molar-refractivity contribution in [2.24, 2.45) is 0 Å². The minimum atomic E-state index is -0.370. The molecule has 0 fully saturated rings. The van der Waals surface area contributed by atoms with E-state index in [1.54, 1.807) is 22.7 Å². The molecule has 1 aromatic heterocycles. The number of nitrogens with zero attached hydrogens (tertiary/aromatic N) is 2. The third-order valence-electron chi connectivity index (χ3n) is 4.72. The van der Waals surface area contributed by atoms with E-state index < -0.39 is 0 Å². The number of fused-ring (bicyclic) bond motifs is 1. The largest absolute Gasteiger partial charge is 0.283 e. The monoisotopic (exact) mass is 450 g/mol. The summed E-state index contributed by atoms with van der Waals surface area (Å²) in [4.78, 5) is 20.7. The fourth-order valence-electron chi connectivity index (χ4n) is 3.28. The van der Waals surface area contributed by atoms with E-state index in [2.05, 4.69) is 31.0 Å². The first kappa shape index (κ1) is 21.5. The van der Waals surface area contributed by atoms with Gasteiger partial charge in [0.25, 0.3) is 0 Å². The molecular weight excluding hydrogens is 427 g/mol. The maximum atomic E-state index is 14.2. The lowest BCUT2D eigenvalue weighted by atomic mass is 10.1. The number of benzene rings is 3. The number of para-hydroxylation sites is 1. The lowest BCUT2D eigenvalue weighted by Crippen LogP contribution is -2.31. The zero-order valence-corrected chi connectivity index (χ0v) is 19.0. The number of thioether (sulfide) groups is 1. The average molecular weight is 451 g/mol. The standard InChI is InChI=1S/C25H23FN2OS2/c1-17(2)30-20-13-11-18(12-14-20)15-23(29)28(16-19-7-4-3-5-8-19)25-27-24-21(26)9-6-10-22(24)31-25/h3-14,17H,15-16H2,1-2H3. The summed E-state index contributed by atoms with van der Waals surface area (Å²) in [6, 6.07) is 22.8. The van der Waals surface area contributed by atoms with E-state index >= 15 is 0 Å². The number of hydrogen-bond acceptors (Lipinski definition) is 4. The Morgan fingerprint density at radius 1 is 1.00 bits per heavy atom. The predicted molar refractivity (Wildman–Crippen MR) is 128 cm³/mol. The molecule has 0 aliphatic heterocycles. The van der Waals surface area contributed by atoms with Crippen molar-refractivity contribution in [1.82, 2.24) is 4.98 Å². The van der Waals surface area contributed by atoms with Crippen molar-refractivity contribution in [3.8, 4) is 0 Å². The second-order valence-corrected chi connectivity index (χ2v) is 10.2. The van der Waals surface area contributed by atoms with Crippen LogP contribution in [0.3, 0.4) is 0 Å². The van der Waals surface area contributed by atoms with Crippen LogP contribution in [0, 0.1) is 5.82 Å². The molecule has 0 unspecified atom stereocenters. The Morgan fingerprint density at radius 3 is 2.42 bits per heavy atom. The molecule has 4 rings (SSSR count). The Morgan fingerprint density at radius 2 is 1.74 bits per heavy atom. The van der Waals surface area contributed by atoms with E-state index in [1.807, 2.05) is 48.5 Å². The molecule has 0 atom stereocenters. The summed E-state index contributed by atoms with van der Waals surface area (Å²) in [5.74, 6) is -0.432. The van der Waals surface area contributed by atoms with Gasteiger partial charge in [0.15, 0.2) is 5.13 Å². The molecule has 0 aliphatic carbocycles. The van der Waals surface area contributed by atoms with E-state index in [0.717, 1.165) is 15.8 Å². The van der Waals surface area contributed by atoms with Gasteiger partial charge >= 0.3 is 0 Å². The number of amides is 1. The molecule has 1 heterocycles. The predicted octanol–water partition coefficient (Wildman–Crippen LogP) is 6.71. The number of carbonyl (C=O) groups excluding carboxylic acids is 1. The molecule has 6 heteroatoms. The van der Waals surface area contributed by atoms with Crippen LogP contribution in [0.4, 0.5) is 9.52 Å². The molecule has 0 saturated heterocycles. The summed E-state index contributed by atoms with van der Waals surface area (Å²) < 4.78 is 14.9. The normalized spacial score (nSPS) is 11.2. The fourth-order valence-corrected chi connectivity index (χ4v) is 5.11. The number of thiazole rings is 1. The highest BCUT2D eigenvalue weighted by atomic mass is 32.2. The Hall–Kier alpha value is -2.70. The number of anilines is 1. The fraction of sp³-hybridized carbons (Fsp3) is 0.200. The van der Waals surface area contributed by atoms with Gasteiger partial charge in [-0.2, -0.15) is 0 Å². The first-order chi connectivity index (χ1) is 15.0. The first-order valence-corrected chi connectivity index (χ1v) is 11.8. The second kappa shape index (κ2) is 9.62. The number of aromatic nitrogens is 1. The Balaban J connectivity index is 1.61. The van der Waals surface area contributed by atoms with Crippen LogP contribution in [0.2, 0.25) is 0 Å². The van der Waals surface area contributed by atoms with Gasteiger partial charge < -0.3 is 0 Å². The quantitative estimate of drug-likeness (QED) is 0.293. The van der Waals surface area contributed by atoms with E-state index in [9.17, 15) is 9.18 Å². The topological polar surface area (TPSA) is 33.2 Å². The molecule has 0 N–H and O–H groups in total. The van der Waals surface area contributed by atoms with Gasteiger partial charge in [-0.1, -0.05) is 73.7 Å². The summed E-state index contributed by atoms with van der Waals surface area (Å²) in [6.45, 7) is 4.71. The molecule has 3 nitrogen and oxygen atoms in total. The van der Waals surface area contributed by atoms with Crippen LogP contribution in [0.25, 0.3) is 10.2 Å². The van der Waals surface area contributed by atoms with E-state index in [4.69, 9.17) is 0 Å². The molecule has 4 aromatic rings. The van der Waals surface area contributed by atoms with Gasteiger partial charge in [-0.25, -0.2) is 9.37 Å². The lowest BCUT2D eigenvalue weighted by Gasteiger charge is -2.20. The second-order valence-electron chi connectivity index (χ2n) is 7.54. The maximum absolute atomic E-state index is 14.2. The molecule has 0 radical (unpaired) electrons. The maximum Gasteiger partial charge on any atom is 0.233 e. The summed E-state index contributed by atoms with van der Waals surface area (Å²) >= 11 is 3.13. The van der Waals surface area contributed by atoms with E-state index in [0.29, 0.717) is 22.4 Å². The van der Waals surface area contributed by atoms with Crippen molar-refractivity contribution in [2.75, 3.05) is 4.90 Å². The van der Waals surface area contributed by atoms with Crippen LogP contribution < -0.4 is 4.90 Å². The highest BCUT2D eigenvalue weighted by Crippen LogP contribution is 2.32. The van der Waals surface area contributed by atoms with Gasteiger partial charge in [0.2, 0.25) is 5.91 Å². The molecule has 0 bridgehead atoms. The number of rotatable bonds is 7. The molecule has 31 heavy (non-hydrogen) atoms. The lowest BCUT2D eigenvalue weighted by molar-refractivity contribution is -0.118. The minimum absolute atomic E-state index is 0.0624. The summed E-state index contributed by atoms with van der Waals surface area (Å²) in [6.07, 6.45) is 0.262. The SMILES string of the molecule is CC(C)Sc1ccc(CC(=O)N(Cc2ccccc2)c2nc3c(F)cccc3s2)cc1. The van der Waals surface area contributed by atoms with Gasteiger partial charge in [0.1, 0.15) is 11.3 Å². The average Bonchev–Trinajstić information content (AvgIpc) is 3.19. The van der Waals surface area contributed by atoms with E-state index in [-0.39, 0.29) is 18.1 Å². The minimum Gasteiger partial charge on any atom is -0.283 e. The smallest absolute Gasteiger partial charge is 0.233 e. The van der Waals surface area contributed by atoms with Gasteiger partial charge in [-0.15, -0.1) is 11.8 Å². The van der Waals surface area contributed by atoms with Crippen molar-refractivity contribution < 1.29 is 9.18 Å². The van der Waals surface area contributed by atoms with Crippen LogP contribution in [-0.2, 0) is 17.8 Å². The van der Waals surface area contributed by atoms with Gasteiger partial charge in [0.05, 0.1) is 17.7 Å². The van der Waals surface area contributed by atoms with Gasteiger partial charge in [-0.3, -0.25) is 9.69 Å². The van der Waals surface area contributed by atoms with Gasteiger partial charge in [-0.05, 0) is 35.4 Å².